The number of halogens is 12. The van der Waals surface area contributed by atoms with Crippen LogP contribution in [0.2, 0.25) is 0 Å². The van der Waals surface area contributed by atoms with Crippen molar-refractivity contribution in [3.63, 3.8) is 0 Å². The molecule has 0 saturated carbocycles. The van der Waals surface area contributed by atoms with Gasteiger partial charge >= 0.3 is 24.7 Å². The number of fused-ring (bicyclic) bond motifs is 6. The third-order valence-electron chi connectivity index (χ3n) is 9.42. The fourth-order valence-electron chi connectivity index (χ4n) is 6.91. The molecule has 54 heavy (non-hydrogen) atoms. The molecule has 2 nitrogen and oxygen atoms in total. The molecule has 8 rings (SSSR count). The molecule has 6 aromatic carbocycles. The van der Waals surface area contributed by atoms with Crippen molar-refractivity contribution in [2.45, 2.75) is 24.7 Å². The molecule has 0 spiro atoms. The van der Waals surface area contributed by atoms with Gasteiger partial charge in [0.15, 0.2) is 0 Å². The largest absolute Gasteiger partial charge is 0.416 e. The lowest BCUT2D eigenvalue weighted by Gasteiger charge is -2.12. The van der Waals surface area contributed by atoms with E-state index in [1.807, 2.05) is 0 Å². The summed E-state index contributed by atoms with van der Waals surface area (Å²) >= 11 is 0. The molecular weight excluding hydrogens is 736 g/mol. The molecule has 0 unspecified atom stereocenters. The molecule has 2 aromatic heterocycles. The Morgan fingerprint density at radius 3 is 0.704 bits per heavy atom. The van der Waals surface area contributed by atoms with Gasteiger partial charge in [0, 0.05) is 32.9 Å². The first-order valence-corrected chi connectivity index (χ1v) is 16.0. The van der Waals surface area contributed by atoms with Gasteiger partial charge in [-0.25, -0.2) is 0 Å². The Labute approximate surface area is 296 Å². The molecule has 8 aromatic rings. The summed E-state index contributed by atoms with van der Waals surface area (Å²) in [4.78, 5) is 0. The SMILES string of the molecule is FC(F)(F)c1ccc2c(c1)c1cc(C(F)(F)F)ccc1n2-c1ccc(-c2ccc(-n3c4ccc(C(F)(F)F)cc4c4cc(C(F)(F)F)ccc43)cc2)cc1. The maximum absolute atomic E-state index is 13.6. The summed E-state index contributed by atoms with van der Waals surface area (Å²) in [6.45, 7) is 0. The quantitative estimate of drug-likeness (QED) is 0.159. The number of benzene rings is 6. The van der Waals surface area contributed by atoms with Crippen molar-refractivity contribution in [2.24, 2.45) is 0 Å². The van der Waals surface area contributed by atoms with Crippen molar-refractivity contribution in [1.82, 2.24) is 9.13 Å². The predicted molar refractivity (Wildman–Crippen MR) is 181 cm³/mol. The summed E-state index contributed by atoms with van der Waals surface area (Å²) in [6.07, 6.45) is -18.9. The summed E-state index contributed by atoms with van der Waals surface area (Å²) in [5, 5.41) is -0.0559. The molecule has 0 amide bonds. The molecule has 0 fully saturated rings. The van der Waals surface area contributed by atoms with Crippen LogP contribution < -0.4 is 0 Å². The lowest BCUT2D eigenvalue weighted by atomic mass is 10.0. The molecule has 0 bridgehead atoms. The van der Waals surface area contributed by atoms with Crippen molar-refractivity contribution in [2.75, 3.05) is 0 Å². The molecule has 0 saturated heterocycles. The molecular formula is C40H20F12N2. The standard InChI is InChI=1S/C40H20F12N2/c41-37(42,43)23-5-13-33-29(17-23)30-18-24(38(44,45)46)6-14-34(30)53(33)27-9-1-21(2-10-27)22-3-11-28(12-4-22)54-35-15-7-25(39(47,48)49)19-31(35)32-20-26(40(50,51)52)8-16-36(32)54/h1-20H. The Morgan fingerprint density at radius 1 is 0.278 bits per heavy atom. The number of hydrogen-bond acceptors (Lipinski definition) is 0. The fourth-order valence-corrected chi connectivity index (χ4v) is 6.91. The maximum atomic E-state index is 13.6. The van der Waals surface area contributed by atoms with E-state index in [1.165, 1.54) is 24.3 Å². The zero-order chi connectivity index (χ0) is 38.5. The van der Waals surface area contributed by atoms with E-state index in [0.717, 1.165) is 48.5 Å². The smallest absolute Gasteiger partial charge is 0.309 e. The van der Waals surface area contributed by atoms with Gasteiger partial charge in [0.2, 0.25) is 0 Å². The first kappa shape index (κ1) is 35.1. The van der Waals surface area contributed by atoms with Gasteiger partial charge < -0.3 is 9.13 Å². The average molecular weight is 757 g/mol. The van der Waals surface area contributed by atoms with Crippen molar-refractivity contribution in [1.29, 1.82) is 0 Å². The molecule has 0 aliphatic heterocycles. The van der Waals surface area contributed by atoms with Crippen LogP contribution in [0.4, 0.5) is 52.7 Å². The van der Waals surface area contributed by atoms with Gasteiger partial charge in [-0.1, -0.05) is 24.3 Å². The van der Waals surface area contributed by atoms with Crippen LogP contribution in [0, 0.1) is 0 Å². The Balaban J connectivity index is 1.20. The number of aromatic nitrogens is 2. The Kier molecular flexibility index (Phi) is 7.67. The normalized spacial score (nSPS) is 13.2. The van der Waals surface area contributed by atoms with Crippen LogP contribution in [0.3, 0.4) is 0 Å². The highest BCUT2D eigenvalue weighted by molar-refractivity contribution is 6.11. The van der Waals surface area contributed by atoms with Gasteiger partial charge in [0.1, 0.15) is 0 Å². The zero-order valence-electron chi connectivity index (χ0n) is 27.0. The van der Waals surface area contributed by atoms with Gasteiger partial charge in [-0.05, 0) is 108 Å². The van der Waals surface area contributed by atoms with Gasteiger partial charge in [0.25, 0.3) is 0 Å². The Morgan fingerprint density at radius 2 is 0.500 bits per heavy atom. The van der Waals surface area contributed by atoms with E-state index < -0.39 is 47.0 Å². The zero-order valence-corrected chi connectivity index (χ0v) is 27.0. The number of hydrogen-bond donors (Lipinski definition) is 0. The van der Waals surface area contributed by atoms with Crippen LogP contribution in [0.1, 0.15) is 22.3 Å². The fraction of sp³-hybridized carbons (Fsp3) is 0.100. The van der Waals surface area contributed by atoms with Crippen LogP contribution in [0.25, 0.3) is 66.1 Å². The van der Waals surface area contributed by atoms with Crippen molar-refractivity contribution in [3.8, 4) is 22.5 Å². The van der Waals surface area contributed by atoms with Gasteiger partial charge in [-0.15, -0.1) is 0 Å². The summed E-state index contributed by atoms with van der Waals surface area (Å²) in [5.41, 5.74) is -0.786. The lowest BCUT2D eigenvalue weighted by molar-refractivity contribution is -0.138. The topological polar surface area (TPSA) is 9.86 Å². The highest BCUT2D eigenvalue weighted by Gasteiger charge is 2.35. The monoisotopic (exact) mass is 756 g/mol. The maximum Gasteiger partial charge on any atom is 0.416 e. The van der Waals surface area contributed by atoms with Crippen LogP contribution >= 0.6 is 0 Å². The van der Waals surface area contributed by atoms with E-state index >= 15 is 0 Å². The molecule has 0 aliphatic rings. The molecule has 0 radical (unpaired) electrons. The molecule has 0 aliphatic carbocycles. The second-order valence-corrected chi connectivity index (χ2v) is 12.7. The Bertz CT molecular complexity index is 2410. The summed E-state index contributed by atoms with van der Waals surface area (Å²) in [7, 11) is 0. The van der Waals surface area contributed by atoms with E-state index in [0.29, 0.717) is 22.5 Å². The van der Waals surface area contributed by atoms with E-state index in [4.69, 9.17) is 0 Å². The minimum absolute atomic E-state index is 0.0140. The summed E-state index contributed by atoms with van der Waals surface area (Å²) in [6, 6.07) is 25.0. The van der Waals surface area contributed by atoms with E-state index in [9.17, 15) is 52.7 Å². The molecule has 2 heterocycles. The lowest BCUT2D eigenvalue weighted by Crippen LogP contribution is -2.04. The van der Waals surface area contributed by atoms with Gasteiger partial charge in [0.05, 0.1) is 44.3 Å². The van der Waals surface area contributed by atoms with Crippen LogP contribution in [-0.4, -0.2) is 9.13 Å². The van der Waals surface area contributed by atoms with E-state index in [1.54, 1.807) is 57.7 Å². The average Bonchev–Trinajstić information content (AvgIpc) is 3.62. The van der Waals surface area contributed by atoms with Crippen molar-refractivity contribution in [3.05, 3.63) is 144 Å². The van der Waals surface area contributed by atoms with Crippen LogP contribution in [-0.2, 0) is 24.7 Å². The number of rotatable bonds is 3. The summed E-state index contributed by atoms with van der Waals surface area (Å²) < 4.78 is 166. The van der Waals surface area contributed by atoms with Gasteiger partial charge in [-0.3, -0.25) is 0 Å². The van der Waals surface area contributed by atoms with E-state index in [2.05, 4.69) is 0 Å². The van der Waals surface area contributed by atoms with Crippen molar-refractivity contribution < 1.29 is 52.7 Å². The third kappa shape index (κ3) is 5.89. The molecule has 0 atom stereocenters. The highest BCUT2D eigenvalue weighted by atomic mass is 19.4. The predicted octanol–water partition coefficient (Wildman–Crippen LogP) is 13.6. The minimum atomic E-state index is -4.73. The van der Waals surface area contributed by atoms with Crippen LogP contribution in [0.5, 0.6) is 0 Å². The van der Waals surface area contributed by atoms with Crippen molar-refractivity contribution >= 4 is 43.6 Å². The second kappa shape index (κ2) is 11.8. The number of nitrogens with zero attached hydrogens (tertiary/aromatic N) is 2. The van der Waals surface area contributed by atoms with Gasteiger partial charge in [-0.2, -0.15) is 52.7 Å². The second-order valence-electron chi connectivity index (χ2n) is 12.7. The number of alkyl halides is 12. The Hall–Kier alpha value is -5.92. The highest BCUT2D eigenvalue weighted by Crippen LogP contribution is 2.42. The first-order chi connectivity index (χ1) is 25.3. The minimum Gasteiger partial charge on any atom is -0.309 e. The molecule has 14 heteroatoms. The molecule has 274 valence electrons. The first-order valence-electron chi connectivity index (χ1n) is 16.0. The third-order valence-corrected chi connectivity index (χ3v) is 9.42. The van der Waals surface area contributed by atoms with E-state index in [-0.39, 0.29) is 43.6 Å². The molecule has 0 N–H and O–H groups in total. The van der Waals surface area contributed by atoms with Crippen LogP contribution in [0.15, 0.2) is 121 Å². The summed E-state index contributed by atoms with van der Waals surface area (Å²) in [5.74, 6) is 0.